The van der Waals surface area contributed by atoms with E-state index in [2.05, 4.69) is 5.32 Å². The van der Waals surface area contributed by atoms with Gasteiger partial charge in [-0.15, -0.1) is 0 Å². The van der Waals surface area contributed by atoms with Crippen molar-refractivity contribution in [3.63, 3.8) is 0 Å². The number of nitrogens with one attached hydrogen (secondary N) is 1. The fourth-order valence-corrected chi connectivity index (χ4v) is 1.34. The topological polar surface area (TPSA) is 55.4 Å². The fourth-order valence-electron chi connectivity index (χ4n) is 1.34. The summed E-state index contributed by atoms with van der Waals surface area (Å²) in [6.45, 7) is 3.87. The molecule has 0 unspecified atom stereocenters. The normalized spacial score (nSPS) is 9.76. The van der Waals surface area contributed by atoms with E-state index in [0.717, 1.165) is 17.7 Å². The molecule has 0 heterocycles. The van der Waals surface area contributed by atoms with Gasteiger partial charge in [0.05, 0.1) is 13.0 Å². The minimum Gasteiger partial charge on any atom is -0.465 e. The molecule has 0 bridgehead atoms. The van der Waals surface area contributed by atoms with E-state index < -0.39 is 0 Å². The summed E-state index contributed by atoms with van der Waals surface area (Å²) in [6, 6.07) is 7.14. The standard InChI is InChI=1S/C13H17NO3/c1-3-8-17-13(16)9-11-4-6-12(7-5-11)14-10(2)15/h4-7H,3,8-9H2,1-2H3,(H,14,15). The highest BCUT2D eigenvalue weighted by molar-refractivity contribution is 5.88. The van der Waals surface area contributed by atoms with Crippen molar-refractivity contribution >= 4 is 17.6 Å². The zero-order chi connectivity index (χ0) is 12.7. The van der Waals surface area contributed by atoms with Gasteiger partial charge >= 0.3 is 5.97 Å². The molecule has 0 aliphatic carbocycles. The summed E-state index contributed by atoms with van der Waals surface area (Å²) >= 11 is 0. The lowest BCUT2D eigenvalue weighted by Gasteiger charge is -2.05. The highest BCUT2D eigenvalue weighted by atomic mass is 16.5. The predicted molar refractivity (Wildman–Crippen MR) is 65.7 cm³/mol. The van der Waals surface area contributed by atoms with Crippen LogP contribution in [0.3, 0.4) is 0 Å². The van der Waals surface area contributed by atoms with Crippen LogP contribution in [0.2, 0.25) is 0 Å². The lowest BCUT2D eigenvalue weighted by atomic mass is 10.1. The molecule has 0 fully saturated rings. The summed E-state index contributed by atoms with van der Waals surface area (Å²) in [4.78, 5) is 22.2. The lowest BCUT2D eigenvalue weighted by molar-refractivity contribution is -0.142. The molecule has 4 nitrogen and oxygen atoms in total. The van der Waals surface area contributed by atoms with E-state index in [0.29, 0.717) is 6.61 Å². The van der Waals surface area contributed by atoms with Crippen molar-refractivity contribution in [2.45, 2.75) is 26.7 Å². The van der Waals surface area contributed by atoms with Gasteiger partial charge in [0, 0.05) is 12.6 Å². The minimum absolute atomic E-state index is 0.111. The second-order valence-electron chi connectivity index (χ2n) is 3.78. The molecule has 1 aromatic carbocycles. The van der Waals surface area contributed by atoms with Crippen LogP contribution in [0, 0.1) is 0 Å². The molecule has 0 saturated carbocycles. The monoisotopic (exact) mass is 235 g/mol. The first-order chi connectivity index (χ1) is 8.11. The van der Waals surface area contributed by atoms with Gasteiger partial charge in [0.15, 0.2) is 0 Å². The minimum atomic E-state index is -0.223. The Morgan fingerprint density at radius 3 is 2.41 bits per heavy atom. The second kappa shape index (κ2) is 6.68. The van der Waals surface area contributed by atoms with Gasteiger partial charge in [0.25, 0.3) is 0 Å². The summed E-state index contributed by atoms with van der Waals surface area (Å²) in [5, 5.41) is 2.66. The number of ether oxygens (including phenoxy) is 1. The number of rotatable bonds is 5. The van der Waals surface area contributed by atoms with E-state index in [1.165, 1.54) is 6.92 Å². The van der Waals surface area contributed by atoms with Crippen LogP contribution in [0.25, 0.3) is 0 Å². The zero-order valence-corrected chi connectivity index (χ0v) is 10.2. The average molecular weight is 235 g/mol. The highest BCUT2D eigenvalue weighted by Gasteiger charge is 2.04. The number of carbonyl (C=O) groups is 2. The summed E-state index contributed by atoms with van der Waals surface area (Å²) in [5.41, 5.74) is 1.60. The third-order valence-electron chi connectivity index (χ3n) is 2.09. The molecule has 17 heavy (non-hydrogen) atoms. The molecule has 1 rings (SSSR count). The first kappa shape index (κ1) is 13.2. The summed E-state index contributed by atoms with van der Waals surface area (Å²) < 4.78 is 4.98. The van der Waals surface area contributed by atoms with Crippen LogP contribution in [0.4, 0.5) is 5.69 Å². The van der Waals surface area contributed by atoms with E-state index >= 15 is 0 Å². The quantitative estimate of drug-likeness (QED) is 0.795. The van der Waals surface area contributed by atoms with Crippen LogP contribution in [0.1, 0.15) is 25.8 Å². The third kappa shape index (κ3) is 5.15. The fraction of sp³-hybridized carbons (Fsp3) is 0.385. The molecule has 0 saturated heterocycles. The number of anilines is 1. The number of carbonyl (C=O) groups excluding carboxylic acids is 2. The number of esters is 1. The molecule has 0 aliphatic heterocycles. The Labute approximate surface area is 101 Å². The van der Waals surface area contributed by atoms with E-state index in [1.54, 1.807) is 24.3 Å². The Bertz CT molecular complexity index is 384. The van der Waals surface area contributed by atoms with Crippen LogP contribution in [0.5, 0.6) is 0 Å². The highest BCUT2D eigenvalue weighted by Crippen LogP contribution is 2.10. The van der Waals surface area contributed by atoms with E-state index in [-0.39, 0.29) is 18.3 Å². The Morgan fingerprint density at radius 1 is 1.24 bits per heavy atom. The summed E-state index contributed by atoms with van der Waals surface area (Å²) in [6.07, 6.45) is 1.09. The molecule has 0 atom stereocenters. The predicted octanol–water partition coefficient (Wildman–Crippen LogP) is 2.14. The Kier molecular flexibility index (Phi) is 5.20. The molecule has 0 aliphatic rings. The molecular weight excluding hydrogens is 218 g/mol. The Hall–Kier alpha value is -1.84. The molecule has 1 aromatic rings. The molecule has 0 spiro atoms. The van der Waals surface area contributed by atoms with Crippen LogP contribution < -0.4 is 5.32 Å². The van der Waals surface area contributed by atoms with Gasteiger partial charge in [-0.2, -0.15) is 0 Å². The Morgan fingerprint density at radius 2 is 1.88 bits per heavy atom. The van der Waals surface area contributed by atoms with Crippen molar-refractivity contribution < 1.29 is 14.3 Å². The summed E-state index contributed by atoms with van der Waals surface area (Å²) in [7, 11) is 0. The molecule has 1 N–H and O–H groups in total. The van der Waals surface area contributed by atoms with E-state index in [4.69, 9.17) is 4.74 Å². The molecular formula is C13H17NO3. The number of hydrogen-bond acceptors (Lipinski definition) is 3. The maximum absolute atomic E-state index is 11.3. The smallest absolute Gasteiger partial charge is 0.310 e. The first-order valence-corrected chi connectivity index (χ1v) is 5.64. The van der Waals surface area contributed by atoms with Crippen LogP contribution in [0.15, 0.2) is 24.3 Å². The maximum atomic E-state index is 11.3. The second-order valence-corrected chi connectivity index (χ2v) is 3.78. The van der Waals surface area contributed by atoms with Gasteiger partial charge in [-0.1, -0.05) is 19.1 Å². The van der Waals surface area contributed by atoms with Gasteiger partial charge in [-0.05, 0) is 24.1 Å². The van der Waals surface area contributed by atoms with Gasteiger partial charge in [0.1, 0.15) is 0 Å². The van der Waals surface area contributed by atoms with Gasteiger partial charge < -0.3 is 10.1 Å². The third-order valence-corrected chi connectivity index (χ3v) is 2.09. The number of amides is 1. The molecule has 0 aromatic heterocycles. The van der Waals surface area contributed by atoms with Crippen molar-refractivity contribution in [2.75, 3.05) is 11.9 Å². The molecule has 4 heteroatoms. The van der Waals surface area contributed by atoms with Gasteiger partial charge in [-0.25, -0.2) is 0 Å². The lowest BCUT2D eigenvalue weighted by Crippen LogP contribution is -2.09. The Balaban J connectivity index is 2.50. The van der Waals surface area contributed by atoms with Crippen molar-refractivity contribution in [3.8, 4) is 0 Å². The largest absolute Gasteiger partial charge is 0.465 e. The average Bonchev–Trinajstić information content (AvgIpc) is 2.28. The maximum Gasteiger partial charge on any atom is 0.310 e. The first-order valence-electron chi connectivity index (χ1n) is 5.64. The SMILES string of the molecule is CCCOC(=O)Cc1ccc(NC(C)=O)cc1. The number of hydrogen-bond donors (Lipinski definition) is 1. The summed E-state index contributed by atoms with van der Waals surface area (Å²) in [5.74, 6) is -0.334. The van der Waals surface area contributed by atoms with Crippen molar-refractivity contribution in [2.24, 2.45) is 0 Å². The van der Waals surface area contributed by atoms with Crippen LogP contribution in [-0.4, -0.2) is 18.5 Å². The van der Waals surface area contributed by atoms with Crippen molar-refractivity contribution in [1.82, 2.24) is 0 Å². The van der Waals surface area contributed by atoms with Crippen molar-refractivity contribution in [3.05, 3.63) is 29.8 Å². The van der Waals surface area contributed by atoms with Crippen molar-refractivity contribution in [1.29, 1.82) is 0 Å². The van der Waals surface area contributed by atoms with Gasteiger partial charge in [0.2, 0.25) is 5.91 Å². The molecule has 0 radical (unpaired) electrons. The number of benzene rings is 1. The zero-order valence-electron chi connectivity index (χ0n) is 10.2. The van der Waals surface area contributed by atoms with Crippen LogP contribution in [-0.2, 0) is 20.7 Å². The molecule has 1 amide bonds. The van der Waals surface area contributed by atoms with Gasteiger partial charge in [-0.3, -0.25) is 9.59 Å². The molecule has 92 valence electrons. The van der Waals surface area contributed by atoms with E-state index in [1.807, 2.05) is 6.92 Å². The van der Waals surface area contributed by atoms with Crippen LogP contribution >= 0.6 is 0 Å². The van der Waals surface area contributed by atoms with E-state index in [9.17, 15) is 9.59 Å².